The van der Waals surface area contributed by atoms with Gasteiger partial charge in [-0.15, -0.1) is 0 Å². The molecular formula is C13H13NO2. The van der Waals surface area contributed by atoms with Crippen LogP contribution in [0.5, 0.6) is 5.75 Å². The first-order valence-electron chi connectivity index (χ1n) is 5.51. The van der Waals surface area contributed by atoms with E-state index in [0.29, 0.717) is 6.04 Å². The Bertz CT molecular complexity index is 579. The van der Waals surface area contributed by atoms with E-state index in [1.165, 1.54) is 0 Å². The van der Waals surface area contributed by atoms with Gasteiger partial charge in [0.05, 0.1) is 5.69 Å². The molecule has 82 valence electrons. The van der Waals surface area contributed by atoms with E-state index < -0.39 is 0 Å². The summed E-state index contributed by atoms with van der Waals surface area (Å²) in [5, 5.41) is 10.5. The Morgan fingerprint density at radius 1 is 1.44 bits per heavy atom. The van der Waals surface area contributed by atoms with Crippen LogP contribution in [0.4, 0.5) is 0 Å². The van der Waals surface area contributed by atoms with E-state index in [2.05, 4.69) is 4.57 Å². The standard InChI is InChI=1S/C13H13NO2/c1-8-11-6-10(16)4-5-12(11)14(9-2-3-9)13(8)7-15/h4-7,9,16H,2-3H2,1H3. The molecule has 3 nitrogen and oxygen atoms in total. The number of aromatic hydroxyl groups is 1. The number of aldehydes is 1. The van der Waals surface area contributed by atoms with Gasteiger partial charge in [0.2, 0.25) is 0 Å². The van der Waals surface area contributed by atoms with Crippen molar-refractivity contribution in [3.05, 3.63) is 29.5 Å². The third-order valence-corrected chi connectivity index (χ3v) is 3.31. The van der Waals surface area contributed by atoms with Crippen molar-refractivity contribution in [1.82, 2.24) is 4.57 Å². The van der Waals surface area contributed by atoms with Crippen molar-refractivity contribution in [1.29, 1.82) is 0 Å². The van der Waals surface area contributed by atoms with Gasteiger partial charge in [0.1, 0.15) is 5.75 Å². The average molecular weight is 215 g/mol. The zero-order valence-corrected chi connectivity index (χ0v) is 9.10. The third-order valence-electron chi connectivity index (χ3n) is 3.31. The maximum Gasteiger partial charge on any atom is 0.166 e. The average Bonchev–Trinajstić information content (AvgIpc) is 3.06. The molecule has 3 rings (SSSR count). The minimum Gasteiger partial charge on any atom is -0.508 e. The monoisotopic (exact) mass is 215 g/mol. The highest BCUT2D eigenvalue weighted by Gasteiger charge is 2.28. The Morgan fingerprint density at radius 2 is 2.19 bits per heavy atom. The number of rotatable bonds is 2. The largest absolute Gasteiger partial charge is 0.508 e. The summed E-state index contributed by atoms with van der Waals surface area (Å²) in [6, 6.07) is 5.77. The lowest BCUT2D eigenvalue weighted by atomic mass is 10.1. The van der Waals surface area contributed by atoms with E-state index in [0.717, 1.165) is 41.3 Å². The van der Waals surface area contributed by atoms with Crippen LogP contribution < -0.4 is 0 Å². The predicted molar refractivity (Wildman–Crippen MR) is 62.0 cm³/mol. The van der Waals surface area contributed by atoms with Crippen LogP contribution in [0.25, 0.3) is 10.9 Å². The molecule has 0 aliphatic heterocycles. The van der Waals surface area contributed by atoms with Crippen molar-refractivity contribution in [3.8, 4) is 5.75 Å². The molecule has 1 aliphatic carbocycles. The number of aryl methyl sites for hydroxylation is 1. The summed E-state index contributed by atoms with van der Waals surface area (Å²) in [4.78, 5) is 11.2. The molecule has 0 atom stereocenters. The van der Waals surface area contributed by atoms with E-state index in [9.17, 15) is 9.90 Å². The molecular weight excluding hydrogens is 202 g/mol. The van der Waals surface area contributed by atoms with Crippen LogP contribution in [0, 0.1) is 6.92 Å². The summed E-state index contributed by atoms with van der Waals surface area (Å²) < 4.78 is 2.11. The first-order chi connectivity index (χ1) is 7.72. The van der Waals surface area contributed by atoms with Crippen LogP contribution in [0.15, 0.2) is 18.2 Å². The van der Waals surface area contributed by atoms with Crippen LogP contribution in [0.2, 0.25) is 0 Å². The Kier molecular flexibility index (Phi) is 1.84. The zero-order valence-electron chi connectivity index (χ0n) is 9.10. The van der Waals surface area contributed by atoms with Gasteiger partial charge < -0.3 is 9.67 Å². The number of nitrogens with zero attached hydrogens (tertiary/aromatic N) is 1. The molecule has 1 fully saturated rings. The number of benzene rings is 1. The summed E-state index contributed by atoms with van der Waals surface area (Å²) >= 11 is 0. The molecule has 3 heteroatoms. The fraction of sp³-hybridized carbons (Fsp3) is 0.308. The van der Waals surface area contributed by atoms with Crippen LogP contribution in [0.1, 0.15) is 34.9 Å². The van der Waals surface area contributed by atoms with Gasteiger partial charge in [0.25, 0.3) is 0 Å². The number of hydrogen-bond donors (Lipinski definition) is 1. The van der Waals surface area contributed by atoms with Crippen molar-refractivity contribution in [2.24, 2.45) is 0 Å². The van der Waals surface area contributed by atoms with Crippen molar-refractivity contribution >= 4 is 17.2 Å². The molecule has 2 aromatic rings. The summed E-state index contributed by atoms with van der Waals surface area (Å²) in [6.07, 6.45) is 3.21. The Morgan fingerprint density at radius 3 is 2.81 bits per heavy atom. The second-order valence-electron chi connectivity index (χ2n) is 4.43. The number of aromatic nitrogens is 1. The van der Waals surface area contributed by atoms with Gasteiger partial charge in [-0.25, -0.2) is 0 Å². The number of hydrogen-bond acceptors (Lipinski definition) is 2. The fourth-order valence-corrected chi connectivity index (χ4v) is 2.35. The maximum absolute atomic E-state index is 11.2. The van der Waals surface area contributed by atoms with Crippen molar-refractivity contribution in [2.75, 3.05) is 0 Å². The highest BCUT2D eigenvalue weighted by Crippen LogP contribution is 2.41. The number of phenols is 1. The normalized spacial score (nSPS) is 15.6. The fourth-order valence-electron chi connectivity index (χ4n) is 2.35. The lowest BCUT2D eigenvalue weighted by Gasteiger charge is -2.04. The van der Waals surface area contributed by atoms with Gasteiger partial charge in [0, 0.05) is 16.9 Å². The molecule has 1 saturated carbocycles. The molecule has 16 heavy (non-hydrogen) atoms. The van der Waals surface area contributed by atoms with Crippen LogP contribution in [-0.2, 0) is 0 Å². The molecule has 1 heterocycles. The van der Waals surface area contributed by atoms with E-state index in [1.807, 2.05) is 13.0 Å². The van der Waals surface area contributed by atoms with Gasteiger partial charge in [-0.1, -0.05) is 0 Å². The van der Waals surface area contributed by atoms with E-state index in [4.69, 9.17) is 0 Å². The van der Waals surface area contributed by atoms with Crippen molar-refractivity contribution in [2.45, 2.75) is 25.8 Å². The summed E-state index contributed by atoms with van der Waals surface area (Å²) in [6.45, 7) is 1.93. The predicted octanol–water partition coefficient (Wildman–Crippen LogP) is 2.80. The maximum atomic E-state index is 11.2. The second-order valence-corrected chi connectivity index (χ2v) is 4.43. The summed E-state index contributed by atoms with van der Waals surface area (Å²) in [5.74, 6) is 0.251. The molecule has 0 bridgehead atoms. The molecule has 1 N–H and O–H groups in total. The molecule has 0 radical (unpaired) electrons. The quantitative estimate of drug-likeness (QED) is 0.783. The van der Waals surface area contributed by atoms with E-state index in [1.54, 1.807) is 12.1 Å². The number of carbonyl (C=O) groups excluding carboxylic acids is 1. The minimum atomic E-state index is 0.251. The Labute approximate surface area is 93.3 Å². The minimum absolute atomic E-state index is 0.251. The lowest BCUT2D eigenvalue weighted by Crippen LogP contribution is -1.99. The highest BCUT2D eigenvalue weighted by molar-refractivity contribution is 5.94. The number of phenolic OH excluding ortho intramolecular Hbond substituents is 1. The topological polar surface area (TPSA) is 42.2 Å². The zero-order chi connectivity index (χ0) is 11.3. The van der Waals surface area contributed by atoms with Gasteiger partial charge in [0.15, 0.2) is 6.29 Å². The molecule has 1 aromatic heterocycles. The molecule has 0 saturated heterocycles. The second kappa shape index (κ2) is 3.11. The van der Waals surface area contributed by atoms with Crippen molar-refractivity contribution in [3.63, 3.8) is 0 Å². The summed E-state index contributed by atoms with van der Waals surface area (Å²) in [5.41, 5.74) is 2.77. The molecule has 0 unspecified atom stereocenters. The van der Waals surface area contributed by atoms with Gasteiger partial charge in [-0.3, -0.25) is 4.79 Å². The first-order valence-corrected chi connectivity index (χ1v) is 5.51. The van der Waals surface area contributed by atoms with Crippen LogP contribution >= 0.6 is 0 Å². The van der Waals surface area contributed by atoms with Gasteiger partial charge >= 0.3 is 0 Å². The smallest absolute Gasteiger partial charge is 0.166 e. The number of fused-ring (bicyclic) bond motifs is 1. The molecule has 1 aromatic carbocycles. The van der Waals surface area contributed by atoms with E-state index >= 15 is 0 Å². The molecule has 0 amide bonds. The highest BCUT2D eigenvalue weighted by atomic mass is 16.3. The third kappa shape index (κ3) is 1.18. The van der Waals surface area contributed by atoms with E-state index in [-0.39, 0.29) is 5.75 Å². The molecule has 1 aliphatic rings. The molecule has 0 spiro atoms. The summed E-state index contributed by atoms with van der Waals surface area (Å²) in [7, 11) is 0. The number of carbonyl (C=O) groups is 1. The van der Waals surface area contributed by atoms with Crippen molar-refractivity contribution < 1.29 is 9.90 Å². The SMILES string of the molecule is Cc1c(C=O)n(C2CC2)c2ccc(O)cc12. The van der Waals surface area contributed by atoms with Crippen LogP contribution in [0.3, 0.4) is 0 Å². The first kappa shape index (κ1) is 9.46. The van der Waals surface area contributed by atoms with Gasteiger partial charge in [-0.05, 0) is 43.5 Å². The van der Waals surface area contributed by atoms with Crippen LogP contribution in [-0.4, -0.2) is 16.0 Å². The lowest BCUT2D eigenvalue weighted by molar-refractivity contribution is 0.111. The van der Waals surface area contributed by atoms with Gasteiger partial charge in [-0.2, -0.15) is 0 Å². The Balaban J connectivity index is 2.40. The Hall–Kier alpha value is -1.77.